The van der Waals surface area contributed by atoms with E-state index in [4.69, 9.17) is 4.74 Å². The predicted molar refractivity (Wildman–Crippen MR) is 112 cm³/mol. The van der Waals surface area contributed by atoms with Crippen LogP contribution in [-0.2, 0) is 4.74 Å². The highest BCUT2D eigenvalue weighted by Crippen LogP contribution is 2.33. The molecule has 29 heavy (non-hydrogen) atoms. The van der Waals surface area contributed by atoms with Gasteiger partial charge in [-0.05, 0) is 31.4 Å². The Labute approximate surface area is 172 Å². The molecule has 2 fully saturated rings. The maximum Gasteiger partial charge on any atom is 0.317 e. The molecule has 7 heteroatoms. The van der Waals surface area contributed by atoms with Crippen LogP contribution in [0.15, 0.2) is 42.7 Å². The van der Waals surface area contributed by atoms with Gasteiger partial charge in [0.2, 0.25) is 5.95 Å². The first-order valence-electron chi connectivity index (χ1n) is 10.4. The van der Waals surface area contributed by atoms with E-state index in [1.165, 1.54) is 11.1 Å². The van der Waals surface area contributed by atoms with Crippen molar-refractivity contribution in [1.82, 2.24) is 20.2 Å². The second kappa shape index (κ2) is 9.22. The average molecular weight is 396 g/mol. The van der Waals surface area contributed by atoms with Gasteiger partial charge in [-0.2, -0.15) is 0 Å². The van der Waals surface area contributed by atoms with E-state index < -0.39 is 0 Å². The zero-order chi connectivity index (χ0) is 20.1. The molecule has 7 nitrogen and oxygen atoms in total. The van der Waals surface area contributed by atoms with Gasteiger partial charge in [0.05, 0.1) is 6.10 Å². The highest BCUT2D eigenvalue weighted by Gasteiger charge is 2.29. The highest BCUT2D eigenvalue weighted by atomic mass is 16.5. The molecule has 0 aliphatic carbocycles. The number of amides is 2. The Bertz CT molecular complexity index is 791. The van der Waals surface area contributed by atoms with Crippen LogP contribution in [-0.4, -0.2) is 60.2 Å². The van der Waals surface area contributed by atoms with Crippen molar-refractivity contribution < 1.29 is 9.53 Å². The van der Waals surface area contributed by atoms with Crippen molar-refractivity contribution in [3.63, 3.8) is 0 Å². The summed E-state index contributed by atoms with van der Waals surface area (Å²) in [6.07, 6.45) is 5.66. The Kier molecular flexibility index (Phi) is 6.24. The third-order valence-electron chi connectivity index (χ3n) is 5.77. The molecule has 2 saturated heterocycles. The lowest BCUT2D eigenvalue weighted by Gasteiger charge is -2.36. The summed E-state index contributed by atoms with van der Waals surface area (Å²) in [6, 6.07) is 10.4. The molecule has 2 aliphatic rings. The first kappa shape index (κ1) is 19.6. The van der Waals surface area contributed by atoms with Crippen LogP contribution in [0.4, 0.5) is 10.7 Å². The summed E-state index contributed by atoms with van der Waals surface area (Å²) in [7, 11) is 0. The number of aromatic nitrogens is 2. The molecule has 1 aromatic carbocycles. The summed E-state index contributed by atoms with van der Waals surface area (Å²) in [5.74, 6) is 1.03. The van der Waals surface area contributed by atoms with Gasteiger partial charge in [0.15, 0.2) is 0 Å². The van der Waals surface area contributed by atoms with E-state index in [1.807, 2.05) is 11.0 Å². The van der Waals surface area contributed by atoms with E-state index in [1.54, 1.807) is 12.4 Å². The van der Waals surface area contributed by atoms with Crippen LogP contribution >= 0.6 is 0 Å². The van der Waals surface area contributed by atoms with Crippen molar-refractivity contribution in [3.05, 3.63) is 53.9 Å². The lowest BCUT2D eigenvalue weighted by Crippen LogP contribution is -2.53. The van der Waals surface area contributed by atoms with Crippen LogP contribution in [0, 0.1) is 12.8 Å². The van der Waals surface area contributed by atoms with Gasteiger partial charge in [0, 0.05) is 57.6 Å². The van der Waals surface area contributed by atoms with Crippen molar-refractivity contribution >= 4 is 12.0 Å². The van der Waals surface area contributed by atoms with Crippen molar-refractivity contribution in [2.75, 3.05) is 44.2 Å². The molecule has 2 aromatic rings. The fraction of sp³-hybridized carbons (Fsp3) is 0.500. The number of carbonyl (C=O) groups is 1. The minimum Gasteiger partial charge on any atom is -0.373 e. The normalized spacial score (nSPS) is 22.4. The summed E-state index contributed by atoms with van der Waals surface area (Å²) in [4.78, 5) is 25.3. The Morgan fingerprint density at radius 3 is 2.59 bits per heavy atom. The number of nitrogens with zero attached hydrogens (tertiary/aromatic N) is 4. The van der Waals surface area contributed by atoms with Crippen LogP contribution in [0.25, 0.3) is 0 Å². The molecule has 2 atom stereocenters. The molecule has 3 heterocycles. The first-order chi connectivity index (χ1) is 14.2. The van der Waals surface area contributed by atoms with Crippen LogP contribution in [0.5, 0.6) is 0 Å². The Morgan fingerprint density at radius 2 is 1.86 bits per heavy atom. The van der Waals surface area contributed by atoms with Gasteiger partial charge < -0.3 is 19.9 Å². The second-order valence-electron chi connectivity index (χ2n) is 7.81. The zero-order valence-corrected chi connectivity index (χ0v) is 17.0. The molecule has 1 aromatic heterocycles. The highest BCUT2D eigenvalue weighted by molar-refractivity contribution is 5.74. The van der Waals surface area contributed by atoms with Gasteiger partial charge in [0.1, 0.15) is 0 Å². The largest absolute Gasteiger partial charge is 0.373 e. The summed E-state index contributed by atoms with van der Waals surface area (Å²) < 4.78 is 6.07. The molecule has 2 amide bonds. The summed E-state index contributed by atoms with van der Waals surface area (Å²) in [5, 5.41) is 3.15. The number of rotatable bonds is 4. The van der Waals surface area contributed by atoms with Crippen molar-refractivity contribution in [3.8, 4) is 0 Å². The number of nitrogens with one attached hydrogen (secondary N) is 1. The molecular weight excluding hydrogens is 366 g/mol. The molecule has 0 saturated carbocycles. The maximum absolute atomic E-state index is 12.7. The second-order valence-corrected chi connectivity index (χ2v) is 7.81. The molecule has 154 valence electrons. The minimum atomic E-state index is 0.00635. The van der Waals surface area contributed by atoms with Crippen molar-refractivity contribution in [1.29, 1.82) is 0 Å². The van der Waals surface area contributed by atoms with E-state index in [-0.39, 0.29) is 12.1 Å². The smallest absolute Gasteiger partial charge is 0.317 e. The van der Waals surface area contributed by atoms with Gasteiger partial charge in [-0.3, -0.25) is 0 Å². The summed E-state index contributed by atoms with van der Waals surface area (Å²) in [6.45, 7) is 6.35. The maximum atomic E-state index is 12.7. The first-order valence-corrected chi connectivity index (χ1v) is 10.4. The standard InChI is InChI=1S/C22H29N5O2/c1-17-5-7-18(8-6-17)20-19(4-2-15-29-20)16-25-22(28)27-13-11-26(12-14-27)21-23-9-3-10-24-21/h3,5-10,19-20H,2,4,11-16H2,1H3,(H,25,28)/t19-,20-/m0/s1. The number of hydrogen-bond donors (Lipinski definition) is 1. The van der Waals surface area contributed by atoms with E-state index >= 15 is 0 Å². The molecule has 0 spiro atoms. The predicted octanol–water partition coefficient (Wildman–Crippen LogP) is 2.78. The number of aryl methyl sites for hydroxylation is 1. The number of carbonyl (C=O) groups excluding carboxylic acids is 1. The molecule has 4 rings (SSSR count). The van der Waals surface area contributed by atoms with Crippen LogP contribution < -0.4 is 10.2 Å². The van der Waals surface area contributed by atoms with Crippen LogP contribution in [0.2, 0.25) is 0 Å². The van der Waals surface area contributed by atoms with E-state index in [0.29, 0.717) is 25.6 Å². The third kappa shape index (κ3) is 4.85. The Balaban J connectivity index is 1.29. The lowest BCUT2D eigenvalue weighted by molar-refractivity contribution is -0.0271. The number of benzene rings is 1. The van der Waals surface area contributed by atoms with E-state index in [2.05, 4.69) is 51.4 Å². The van der Waals surface area contributed by atoms with Gasteiger partial charge >= 0.3 is 6.03 Å². The van der Waals surface area contributed by atoms with Gasteiger partial charge in [0.25, 0.3) is 0 Å². The third-order valence-corrected chi connectivity index (χ3v) is 5.77. The fourth-order valence-electron chi connectivity index (χ4n) is 4.07. The molecule has 0 bridgehead atoms. The Morgan fingerprint density at radius 1 is 1.14 bits per heavy atom. The fourth-order valence-corrected chi connectivity index (χ4v) is 4.07. The number of hydrogen-bond acceptors (Lipinski definition) is 5. The summed E-state index contributed by atoms with van der Waals surface area (Å²) >= 11 is 0. The summed E-state index contributed by atoms with van der Waals surface area (Å²) in [5.41, 5.74) is 2.44. The molecule has 2 aliphatic heterocycles. The minimum absolute atomic E-state index is 0.00635. The Hall–Kier alpha value is -2.67. The number of ether oxygens (including phenoxy) is 1. The number of piperazine rings is 1. The molecule has 1 N–H and O–H groups in total. The van der Waals surface area contributed by atoms with Gasteiger partial charge in [-0.15, -0.1) is 0 Å². The number of anilines is 1. The lowest BCUT2D eigenvalue weighted by atomic mass is 9.89. The van der Waals surface area contributed by atoms with Crippen LogP contribution in [0.3, 0.4) is 0 Å². The quantitative estimate of drug-likeness (QED) is 0.862. The van der Waals surface area contributed by atoms with Crippen molar-refractivity contribution in [2.24, 2.45) is 5.92 Å². The molecule has 0 unspecified atom stereocenters. The monoisotopic (exact) mass is 395 g/mol. The average Bonchev–Trinajstić information content (AvgIpc) is 2.79. The van der Waals surface area contributed by atoms with Crippen LogP contribution in [0.1, 0.15) is 30.1 Å². The molecular formula is C22H29N5O2. The molecule has 0 radical (unpaired) electrons. The topological polar surface area (TPSA) is 70.6 Å². The van der Waals surface area contributed by atoms with Gasteiger partial charge in [-0.1, -0.05) is 29.8 Å². The zero-order valence-electron chi connectivity index (χ0n) is 17.0. The van der Waals surface area contributed by atoms with E-state index in [0.717, 1.165) is 38.5 Å². The van der Waals surface area contributed by atoms with Gasteiger partial charge in [-0.25, -0.2) is 14.8 Å². The van der Waals surface area contributed by atoms with Crippen molar-refractivity contribution in [2.45, 2.75) is 25.9 Å². The SMILES string of the molecule is Cc1ccc([C@@H]2OCCC[C@H]2CNC(=O)N2CCN(c3ncccn3)CC2)cc1. The number of urea groups is 1. The van der Waals surface area contributed by atoms with E-state index in [9.17, 15) is 4.79 Å².